The van der Waals surface area contributed by atoms with Gasteiger partial charge in [0, 0.05) is 17.3 Å². The molecule has 2 rings (SSSR count). The van der Waals surface area contributed by atoms with Crippen LogP contribution in [-0.4, -0.2) is 17.0 Å². The number of para-hydroxylation sites is 2. The smallest absolute Gasteiger partial charge is 0.228 e. The molecule has 1 aromatic carbocycles. The first-order chi connectivity index (χ1) is 9.70. The molecule has 0 aromatic heterocycles. The number of benzene rings is 1. The zero-order valence-electron chi connectivity index (χ0n) is 12.5. The second-order valence-corrected chi connectivity index (χ2v) is 6.44. The van der Waals surface area contributed by atoms with Crippen LogP contribution in [0.15, 0.2) is 24.3 Å². The van der Waals surface area contributed by atoms with E-state index < -0.39 is 22.7 Å². The van der Waals surface area contributed by atoms with Crippen molar-refractivity contribution in [2.45, 2.75) is 33.6 Å². The molecule has 1 saturated carbocycles. The molecule has 1 aliphatic rings. The molecule has 0 radical (unpaired) electrons. The van der Waals surface area contributed by atoms with Crippen molar-refractivity contribution in [2.75, 3.05) is 5.32 Å². The van der Waals surface area contributed by atoms with Crippen LogP contribution in [0.2, 0.25) is 0 Å². The summed E-state index contributed by atoms with van der Waals surface area (Å²) < 4.78 is 0. The second kappa shape index (κ2) is 5.06. The number of amides is 1. The normalized spacial score (nSPS) is 27.3. The highest BCUT2D eigenvalue weighted by Crippen LogP contribution is 2.55. The number of nitrogens with one attached hydrogen (secondary N) is 1. The molecule has 0 spiro atoms. The van der Waals surface area contributed by atoms with Gasteiger partial charge in [-0.2, -0.15) is 0 Å². The first-order valence-electron chi connectivity index (χ1n) is 7.00. The first kappa shape index (κ1) is 15.4. The van der Waals surface area contributed by atoms with Crippen molar-refractivity contribution < 1.29 is 19.8 Å². The average Bonchev–Trinajstić information content (AvgIpc) is 2.64. The Morgan fingerprint density at radius 1 is 1.29 bits per heavy atom. The number of aromatic hydroxyl groups is 1. The van der Waals surface area contributed by atoms with Crippen molar-refractivity contribution in [1.29, 1.82) is 0 Å². The number of rotatable bonds is 3. The predicted octanol–water partition coefficient (Wildman–Crippen LogP) is 1.52. The van der Waals surface area contributed by atoms with Crippen LogP contribution < -0.4 is 10.4 Å². The van der Waals surface area contributed by atoms with Crippen molar-refractivity contribution in [1.82, 2.24) is 0 Å². The van der Waals surface area contributed by atoms with Crippen molar-refractivity contribution in [3.63, 3.8) is 0 Å². The van der Waals surface area contributed by atoms with Crippen molar-refractivity contribution in [3.05, 3.63) is 24.3 Å². The quantitative estimate of drug-likeness (QED) is 0.826. The van der Waals surface area contributed by atoms with Crippen LogP contribution >= 0.6 is 0 Å². The van der Waals surface area contributed by atoms with Gasteiger partial charge in [0.1, 0.15) is 5.75 Å². The summed E-state index contributed by atoms with van der Waals surface area (Å²) in [7, 11) is 0. The molecule has 2 unspecified atom stereocenters. The Bertz CT molecular complexity index is 581. The van der Waals surface area contributed by atoms with E-state index in [-0.39, 0.29) is 11.7 Å². The van der Waals surface area contributed by atoms with Crippen LogP contribution in [-0.2, 0) is 9.59 Å². The monoisotopic (exact) mass is 290 g/mol. The molecule has 0 heterocycles. The van der Waals surface area contributed by atoms with Crippen LogP contribution in [0.3, 0.4) is 0 Å². The van der Waals surface area contributed by atoms with Gasteiger partial charge in [-0.15, -0.1) is 0 Å². The third-order valence-corrected chi connectivity index (χ3v) is 5.16. The van der Waals surface area contributed by atoms with Crippen molar-refractivity contribution >= 4 is 17.6 Å². The molecule has 1 aromatic rings. The van der Waals surface area contributed by atoms with Gasteiger partial charge in [0.15, 0.2) is 0 Å². The third kappa shape index (κ3) is 2.37. The van der Waals surface area contributed by atoms with Gasteiger partial charge in [-0.05, 0) is 30.4 Å². The fourth-order valence-corrected chi connectivity index (χ4v) is 3.12. The molecular weight excluding hydrogens is 270 g/mol. The minimum Gasteiger partial charge on any atom is -0.550 e. The number of phenols is 1. The van der Waals surface area contributed by atoms with E-state index in [4.69, 9.17) is 0 Å². The maximum absolute atomic E-state index is 12.5. The number of carbonyl (C=O) groups excluding carboxylic acids is 2. The molecule has 2 N–H and O–H groups in total. The van der Waals surface area contributed by atoms with Gasteiger partial charge in [0.2, 0.25) is 5.91 Å². The molecular formula is C16H20NO4-. The first-order valence-corrected chi connectivity index (χ1v) is 7.00. The molecule has 114 valence electrons. The van der Waals surface area contributed by atoms with Crippen molar-refractivity contribution in [3.8, 4) is 5.75 Å². The van der Waals surface area contributed by atoms with Crippen LogP contribution in [0.5, 0.6) is 5.75 Å². The molecule has 5 heteroatoms. The number of anilines is 1. The topological polar surface area (TPSA) is 89.5 Å². The zero-order valence-corrected chi connectivity index (χ0v) is 12.5. The molecule has 21 heavy (non-hydrogen) atoms. The summed E-state index contributed by atoms with van der Waals surface area (Å²) in [5.41, 5.74) is -1.42. The molecule has 0 aliphatic heterocycles. The van der Waals surface area contributed by atoms with Gasteiger partial charge in [0.05, 0.1) is 5.69 Å². The van der Waals surface area contributed by atoms with Gasteiger partial charge < -0.3 is 20.3 Å². The number of carbonyl (C=O) groups is 2. The maximum atomic E-state index is 12.5. The minimum atomic E-state index is -1.12. The molecule has 2 atom stereocenters. The van der Waals surface area contributed by atoms with Gasteiger partial charge in [-0.3, -0.25) is 4.79 Å². The SMILES string of the molecule is CC1(C(=O)[O-])CCC(C(=O)Nc2ccccc2O)C1(C)C. The Morgan fingerprint density at radius 3 is 2.43 bits per heavy atom. The lowest BCUT2D eigenvalue weighted by Crippen LogP contribution is -2.49. The van der Waals surface area contributed by atoms with Crippen LogP contribution in [0.4, 0.5) is 5.69 Å². The lowest BCUT2D eigenvalue weighted by atomic mass is 9.65. The van der Waals surface area contributed by atoms with Gasteiger partial charge in [-0.1, -0.05) is 32.9 Å². The molecule has 5 nitrogen and oxygen atoms in total. The average molecular weight is 290 g/mol. The van der Waals surface area contributed by atoms with E-state index in [1.54, 1.807) is 39.0 Å². The second-order valence-electron chi connectivity index (χ2n) is 6.44. The van der Waals surface area contributed by atoms with E-state index in [0.717, 1.165) is 0 Å². The van der Waals surface area contributed by atoms with E-state index >= 15 is 0 Å². The Morgan fingerprint density at radius 2 is 1.90 bits per heavy atom. The lowest BCUT2D eigenvalue weighted by Gasteiger charge is -2.41. The maximum Gasteiger partial charge on any atom is 0.228 e. The number of phenolic OH excluding ortho intramolecular Hbond substituents is 1. The van der Waals surface area contributed by atoms with Crippen LogP contribution in [0, 0.1) is 16.7 Å². The molecule has 1 amide bonds. The summed E-state index contributed by atoms with van der Waals surface area (Å²) in [6.07, 6.45) is 0.887. The largest absolute Gasteiger partial charge is 0.550 e. The minimum absolute atomic E-state index is 0.00989. The van der Waals surface area contributed by atoms with Crippen LogP contribution in [0.1, 0.15) is 33.6 Å². The highest BCUT2D eigenvalue weighted by molar-refractivity contribution is 5.95. The number of aliphatic carboxylic acids is 1. The molecule has 1 aliphatic carbocycles. The van der Waals surface area contributed by atoms with E-state index in [0.29, 0.717) is 18.5 Å². The molecule has 0 bridgehead atoms. The van der Waals surface area contributed by atoms with Gasteiger partial charge in [-0.25, -0.2) is 0 Å². The summed E-state index contributed by atoms with van der Waals surface area (Å²) in [4.78, 5) is 23.9. The zero-order chi connectivity index (χ0) is 15.8. The number of hydrogen-bond acceptors (Lipinski definition) is 4. The predicted molar refractivity (Wildman–Crippen MR) is 76.4 cm³/mol. The highest BCUT2D eigenvalue weighted by atomic mass is 16.4. The van der Waals surface area contributed by atoms with E-state index in [2.05, 4.69) is 5.32 Å². The summed E-state index contributed by atoms with van der Waals surface area (Å²) in [6, 6.07) is 6.46. The van der Waals surface area contributed by atoms with E-state index in [9.17, 15) is 19.8 Å². The molecule has 1 fully saturated rings. The number of carboxylic acid groups (broad SMARTS) is 1. The van der Waals surface area contributed by atoms with E-state index in [1.165, 1.54) is 6.07 Å². The summed E-state index contributed by atoms with van der Waals surface area (Å²) in [6.45, 7) is 5.20. The summed E-state index contributed by atoms with van der Waals surface area (Å²) in [5, 5.41) is 23.8. The van der Waals surface area contributed by atoms with Crippen molar-refractivity contribution in [2.24, 2.45) is 16.7 Å². The van der Waals surface area contributed by atoms with Crippen LogP contribution in [0.25, 0.3) is 0 Å². The Labute approximate surface area is 124 Å². The highest BCUT2D eigenvalue weighted by Gasteiger charge is 2.54. The fourth-order valence-electron chi connectivity index (χ4n) is 3.12. The van der Waals surface area contributed by atoms with Gasteiger partial charge in [0.25, 0.3) is 0 Å². The Hall–Kier alpha value is -2.04. The fraction of sp³-hybridized carbons (Fsp3) is 0.500. The third-order valence-electron chi connectivity index (χ3n) is 5.16. The standard InChI is InChI=1S/C16H21NO4/c1-15(2)10(8-9-16(15,3)14(20)21)13(19)17-11-6-4-5-7-12(11)18/h4-7,10,18H,8-9H2,1-3H3,(H,17,19)(H,20,21)/p-1. The molecule has 0 saturated heterocycles. The number of carboxylic acids is 1. The lowest BCUT2D eigenvalue weighted by molar-refractivity contribution is -0.323. The Kier molecular flexibility index (Phi) is 3.70. The number of hydrogen-bond donors (Lipinski definition) is 2. The van der Waals surface area contributed by atoms with Gasteiger partial charge >= 0.3 is 0 Å². The summed E-state index contributed by atoms with van der Waals surface area (Å²) >= 11 is 0. The van der Waals surface area contributed by atoms with E-state index in [1.807, 2.05) is 0 Å². The summed E-state index contributed by atoms with van der Waals surface area (Å²) in [5.74, 6) is -1.85. The Balaban J connectivity index is 2.22.